The third-order valence-corrected chi connectivity index (χ3v) is 3.97. The van der Waals surface area contributed by atoms with Crippen molar-refractivity contribution in [2.24, 2.45) is 4.99 Å². The Hall–Kier alpha value is -3.32. The summed E-state index contributed by atoms with van der Waals surface area (Å²) in [6.07, 6.45) is 1.37. The van der Waals surface area contributed by atoms with Crippen LogP contribution in [0.4, 0.5) is 5.69 Å². The lowest BCUT2D eigenvalue weighted by Gasteiger charge is -2.01. The molecule has 7 nitrogen and oxygen atoms in total. The maximum absolute atomic E-state index is 12.6. The van der Waals surface area contributed by atoms with Crippen molar-refractivity contribution in [1.82, 2.24) is 9.78 Å². The van der Waals surface area contributed by atoms with Crippen LogP contribution in [0, 0.1) is 6.92 Å². The van der Waals surface area contributed by atoms with Gasteiger partial charge in [0.25, 0.3) is 5.56 Å². The molecule has 1 aromatic heterocycles. The van der Waals surface area contributed by atoms with Gasteiger partial charge in [0.1, 0.15) is 11.3 Å². The minimum atomic E-state index is -1.23. The highest BCUT2D eigenvalue weighted by atomic mass is 35.5. The summed E-state index contributed by atoms with van der Waals surface area (Å²) in [5.41, 5.74) is 1.33. The van der Waals surface area contributed by atoms with Crippen LogP contribution in [0.25, 0.3) is 5.69 Å². The summed E-state index contributed by atoms with van der Waals surface area (Å²) in [7, 11) is 0. The van der Waals surface area contributed by atoms with E-state index in [0.29, 0.717) is 27.7 Å². The number of nitrogens with zero attached hydrogens (tertiary/aromatic N) is 2. The summed E-state index contributed by atoms with van der Waals surface area (Å²) >= 11 is 5.96. The molecule has 0 fully saturated rings. The van der Waals surface area contributed by atoms with E-state index in [1.165, 1.54) is 29.1 Å². The van der Waals surface area contributed by atoms with E-state index < -0.39 is 11.7 Å². The maximum atomic E-state index is 12.6. The molecule has 0 aliphatic carbocycles. The topological polar surface area (TPSA) is 108 Å². The van der Waals surface area contributed by atoms with Crippen LogP contribution in [0.2, 0.25) is 5.02 Å². The molecule has 1 heterocycles. The van der Waals surface area contributed by atoms with Gasteiger partial charge in [0, 0.05) is 23.0 Å². The smallest absolute Gasteiger partial charge is 0.339 e. The molecule has 0 saturated heterocycles. The van der Waals surface area contributed by atoms with Gasteiger partial charge in [0.2, 0.25) is 0 Å². The molecule has 0 radical (unpaired) electrons. The molecule has 0 aliphatic rings. The van der Waals surface area contributed by atoms with Gasteiger partial charge in [0.05, 0.1) is 16.9 Å². The number of hydrogen-bond donors (Lipinski definition) is 3. The first-order chi connectivity index (χ1) is 12.4. The fourth-order valence-corrected chi connectivity index (χ4v) is 2.61. The molecule has 0 saturated carbocycles. The normalized spacial score (nSPS) is 11.2. The van der Waals surface area contributed by atoms with E-state index in [1.807, 2.05) is 0 Å². The second-order valence-electron chi connectivity index (χ2n) is 5.54. The van der Waals surface area contributed by atoms with Gasteiger partial charge in [-0.2, -0.15) is 0 Å². The summed E-state index contributed by atoms with van der Waals surface area (Å²) in [6.45, 7) is 1.73. The minimum Gasteiger partial charge on any atom is -0.507 e. The quantitative estimate of drug-likeness (QED) is 0.611. The molecule has 0 spiro atoms. The van der Waals surface area contributed by atoms with E-state index in [9.17, 15) is 14.7 Å². The van der Waals surface area contributed by atoms with Crippen molar-refractivity contribution in [3.8, 4) is 11.4 Å². The molecule has 26 heavy (non-hydrogen) atoms. The second-order valence-corrected chi connectivity index (χ2v) is 5.97. The summed E-state index contributed by atoms with van der Waals surface area (Å²) in [4.78, 5) is 27.7. The first-order valence-corrected chi connectivity index (χ1v) is 7.92. The van der Waals surface area contributed by atoms with Gasteiger partial charge in [0.15, 0.2) is 0 Å². The van der Waals surface area contributed by atoms with E-state index in [0.717, 1.165) is 0 Å². The van der Waals surface area contributed by atoms with Crippen molar-refractivity contribution in [3.63, 3.8) is 0 Å². The number of benzene rings is 2. The van der Waals surface area contributed by atoms with Crippen molar-refractivity contribution in [3.05, 3.63) is 74.7 Å². The molecule has 0 atom stereocenters. The average molecular weight is 372 g/mol. The van der Waals surface area contributed by atoms with Crippen LogP contribution in [0.15, 0.2) is 52.3 Å². The lowest BCUT2D eigenvalue weighted by molar-refractivity contribution is 0.0694. The van der Waals surface area contributed by atoms with Gasteiger partial charge in [-0.25, -0.2) is 9.48 Å². The number of aromatic nitrogens is 2. The largest absolute Gasteiger partial charge is 0.507 e. The highest BCUT2D eigenvalue weighted by Crippen LogP contribution is 2.24. The summed E-state index contributed by atoms with van der Waals surface area (Å²) in [5.74, 6) is -1.63. The molecule has 0 amide bonds. The number of halogens is 1. The summed E-state index contributed by atoms with van der Waals surface area (Å²) in [6, 6.07) is 10.8. The average Bonchev–Trinajstić information content (AvgIpc) is 2.87. The fourth-order valence-electron chi connectivity index (χ4n) is 2.43. The van der Waals surface area contributed by atoms with E-state index in [-0.39, 0.29) is 11.1 Å². The van der Waals surface area contributed by atoms with E-state index >= 15 is 0 Å². The molecular weight excluding hydrogens is 358 g/mol. The standard InChI is InChI=1S/C18H14ClN3O4/c1-10-15(9-20-12-5-6-14(18(25)26)16(23)8-12)17(24)22(21-10)13-4-2-3-11(19)7-13/h2-9,21,23H,1H3,(H,25,26). The van der Waals surface area contributed by atoms with Gasteiger partial charge < -0.3 is 10.2 Å². The fraction of sp³-hybridized carbons (Fsp3) is 0.0556. The number of nitrogens with one attached hydrogen (secondary N) is 1. The van der Waals surface area contributed by atoms with Crippen LogP contribution in [0.5, 0.6) is 5.75 Å². The number of rotatable bonds is 4. The highest BCUT2D eigenvalue weighted by molar-refractivity contribution is 6.30. The lowest BCUT2D eigenvalue weighted by Crippen LogP contribution is -2.17. The molecule has 0 aliphatic heterocycles. The Morgan fingerprint density at radius 3 is 2.69 bits per heavy atom. The van der Waals surface area contributed by atoms with Gasteiger partial charge in [-0.15, -0.1) is 0 Å². The summed E-state index contributed by atoms with van der Waals surface area (Å²) in [5, 5.41) is 22.1. The number of aromatic hydroxyl groups is 1. The third kappa shape index (κ3) is 3.38. The van der Waals surface area contributed by atoms with Crippen LogP contribution < -0.4 is 5.56 Å². The molecule has 0 unspecified atom stereocenters. The van der Waals surface area contributed by atoms with Crippen LogP contribution in [-0.4, -0.2) is 32.2 Å². The van der Waals surface area contributed by atoms with E-state index in [4.69, 9.17) is 16.7 Å². The van der Waals surface area contributed by atoms with E-state index in [1.54, 1.807) is 31.2 Å². The number of hydrogen-bond acceptors (Lipinski definition) is 4. The van der Waals surface area contributed by atoms with Crippen molar-refractivity contribution in [2.75, 3.05) is 0 Å². The molecule has 3 aromatic rings. The van der Waals surface area contributed by atoms with Gasteiger partial charge >= 0.3 is 5.97 Å². The zero-order valence-corrected chi connectivity index (χ0v) is 14.4. The maximum Gasteiger partial charge on any atom is 0.339 e. The molecule has 2 aromatic carbocycles. The number of aryl methyl sites for hydroxylation is 1. The number of carboxylic acids is 1. The summed E-state index contributed by atoms with van der Waals surface area (Å²) < 4.78 is 1.35. The molecule has 132 valence electrons. The number of phenols is 1. The van der Waals surface area contributed by atoms with Crippen LogP contribution in [-0.2, 0) is 0 Å². The number of carbonyl (C=O) groups is 1. The Balaban J connectivity index is 1.96. The Labute approximate surface area is 152 Å². The number of aromatic amines is 1. The first-order valence-electron chi connectivity index (χ1n) is 7.55. The first kappa shape index (κ1) is 17.5. The van der Waals surface area contributed by atoms with Crippen LogP contribution >= 0.6 is 11.6 Å². The highest BCUT2D eigenvalue weighted by Gasteiger charge is 2.12. The van der Waals surface area contributed by atoms with E-state index in [2.05, 4.69) is 10.1 Å². The number of carboxylic acid groups (broad SMARTS) is 1. The van der Waals surface area contributed by atoms with Gasteiger partial charge in [-0.05, 0) is 37.3 Å². The molecule has 3 rings (SSSR count). The Morgan fingerprint density at radius 2 is 2.04 bits per heavy atom. The molecular formula is C18H14ClN3O4. The minimum absolute atomic E-state index is 0.218. The Morgan fingerprint density at radius 1 is 1.27 bits per heavy atom. The van der Waals surface area contributed by atoms with Crippen LogP contribution in [0.1, 0.15) is 21.6 Å². The Kier molecular flexibility index (Phi) is 4.64. The third-order valence-electron chi connectivity index (χ3n) is 3.74. The molecule has 3 N–H and O–H groups in total. The predicted molar refractivity (Wildman–Crippen MR) is 98.5 cm³/mol. The molecule has 0 bridgehead atoms. The number of H-pyrrole nitrogens is 1. The van der Waals surface area contributed by atoms with Crippen molar-refractivity contribution >= 4 is 29.5 Å². The zero-order valence-electron chi connectivity index (χ0n) is 13.6. The van der Waals surface area contributed by atoms with Crippen molar-refractivity contribution in [2.45, 2.75) is 6.92 Å². The zero-order chi connectivity index (χ0) is 18.8. The SMILES string of the molecule is Cc1[nH]n(-c2cccc(Cl)c2)c(=O)c1C=Nc1ccc(C(=O)O)c(O)c1. The molecule has 8 heteroatoms. The van der Waals surface area contributed by atoms with Crippen molar-refractivity contribution < 1.29 is 15.0 Å². The Bertz CT molecular complexity index is 1080. The van der Waals surface area contributed by atoms with Crippen LogP contribution in [0.3, 0.4) is 0 Å². The lowest BCUT2D eigenvalue weighted by atomic mass is 10.2. The van der Waals surface area contributed by atoms with Crippen molar-refractivity contribution in [1.29, 1.82) is 0 Å². The van der Waals surface area contributed by atoms with Gasteiger partial charge in [-0.3, -0.25) is 14.9 Å². The number of aromatic carboxylic acids is 1. The van der Waals surface area contributed by atoms with Gasteiger partial charge in [-0.1, -0.05) is 17.7 Å². The monoisotopic (exact) mass is 371 g/mol. The second kappa shape index (κ2) is 6.89. The number of aliphatic imine (C=N–C) groups is 1. The predicted octanol–water partition coefficient (Wildman–Crippen LogP) is 3.28.